The van der Waals surface area contributed by atoms with Gasteiger partial charge in [0.15, 0.2) is 0 Å². The van der Waals surface area contributed by atoms with Gasteiger partial charge in [-0.25, -0.2) is 8.42 Å². The van der Waals surface area contributed by atoms with Gasteiger partial charge in [0, 0.05) is 6.54 Å². The fraction of sp³-hybridized carbons (Fsp3) is 1.00. The summed E-state index contributed by atoms with van der Waals surface area (Å²) < 4.78 is 26.9. The minimum absolute atomic E-state index is 0.0518. The van der Waals surface area contributed by atoms with Crippen molar-refractivity contribution in [3.05, 3.63) is 0 Å². The van der Waals surface area contributed by atoms with E-state index in [2.05, 4.69) is 19.4 Å². The lowest BCUT2D eigenvalue weighted by molar-refractivity contribution is 0.475. The molecule has 0 amide bonds. The molecule has 1 heterocycles. The van der Waals surface area contributed by atoms with Gasteiger partial charge >= 0.3 is 0 Å². The second-order valence-corrected chi connectivity index (χ2v) is 12.1. The first-order valence-electron chi connectivity index (χ1n) is 6.57. The Kier molecular flexibility index (Phi) is 3.82. The molecule has 0 bridgehead atoms. The molecule has 1 saturated heterocycles. The van der Waals surface area contributed by atoms with E-state index in [1.54, 1.807) is 0 Å². The molecule has 5 heteroatoms. The lowest BCUT2D eigenvalue weighted by atomic mass is 10.1. The van der Waals surface area contributed by atoms with Crippen LogP contribution in [0.15, 0.2) is 0 Å². The summed E-state index contributed by atoms with van der Waals surface area (Å²) in [6.45, 7) is 3.02. The summed E-state index contributed by atoms with van der Waals surface area (Å²) in [5, 5.41) is -0.0518. The van der Waals surface area contributed by atoms with Gasteiger partial charge in [-0.3, -0.25) is 0 Å². The van der Waals surface area contributed by atoms with Crippen LogP contribution >= 0.6 is 10.2 Å². The topological polar surface area (TPSA) is 37.4 Å². The predicted molar refractivity (Wildman–Crippen MR) is 76.0 cm³/mol. The highest BCUT2D eigenvalue weighted by Gasteiger charge is 2.44. The predicted octanol–water partition coefficient (Wildman–Crippen LogP) is 2.58. The number of hydrogen-bond acceptors (Lipinski definition) is 2. The van der Waals surface area contributed by atoms with Gasteiger partial charge in [-0.1, -0.05) is 13.3 Å². The van der Waals surface area contributed by atoms with Crippen LogP contribution in [0.4, 0.5) is 0 Å². The van der Waals surface area contributed by atoms with Gasteiger partial charge in [0.25, 0.3) is 0 Å². The fourth-order valence-corrected chi connectivity index (χ4v) is 9.38. The molecule has 0 spiro atoms. The van der Waals surface area contributed by atoms with Crippen molar-refractivity contribution < 1.29 is 8.42 Å². The maximum absolute atomic E-state index is 12.5. The molecule has 1 aliphatic heterocycles. The average molecular weight is 279 g/mol. The molecule has 0 radical (unpaired) electrons. The smallest absolute Gasteiger partial charge is 0.211 e. The molecule has 2 fully saturated rings. The highest BCUT2D eigenvalue weighted by atomic mass is 32.3. The number of hydrogen-bond donors (Lipinski definition) is 0. The number of rotatable bonds is 2. The third-order valence-electron chi connectivity index (χ3n) is 3.76. The molecule has 2 rings (SSSR count). The van der Waals surface area contributed by atoms with Crippen molar-refractivity contribution in [3.63, 3.8) is 0 Å². The van der Waals surface area contributed by atoms with Crippen molar-refractivity contribution in [2.75, 3.05) is 24.8 Å². The second kappa shape index (κ2) is 4.74. The molecule has 0 N–H and O–H groups in total. The van der Waals surface area contributed by atoms with Crippen molar-refractivity contribution in [1.82, 2.24) is 3.71 Å². The van der Waals surface area contributed by atoms with Crippen LogP contribution in [0.25, 0.3) is 0 Å². The Morgan fingerprint density at radius 2 is 1.76 bits per heavy atom. The van der Waals surface area contributed by atoms with Crippen LogP contribution < -0.4 is 0 Å². The third kappa shape index (κ3) is 2.99. The van der Waals surface area contributed by atoms with Crippen LogP contribution in [0, 0.1) is 5.92 Å². The fourth-order valence-electron chi connectivity index (χ4n) is 2.78. The molecule has 1 unspecified atom stereocenters. The monoisotopic (exact) mass is 279 g/mol. The third-order valence-corrected chi connectivity index (χ3v) is 10.3. The summed E-state index contributed by atoms with van der Waals surface area (Å²) in [5.41, 5.74) is 0. The molecule has 1 aliphatic carbocycles. The molecular weight excluding hydrogens is 254 g/mol. The largest absolute Gasteiger partial charge is 0.224 e. The Morgan fingerprint density at radius 1 is 1.12 bits per heavy atom. The van der Waals surface area contributed by atoms with Crippen molar-refractivity contribution in [3.8, 4) is 0 Å². The first kappa shape index (κ1) is 13.7. The summed E-state index contributed by atoms with van der Waals surface area (Å²) in [7, 11) is -4.14. The van der Waals surface area contributed by atoms with E-state index in [-0.39, 0.29) is 5.25 Å². The van der Waals surface area contributed by atoms with E-state index in [9.17, 15) is 8.42 Å². The number of nitrogens with zero attached hydrogens (tertiary/aromatic N) is 1. The molecule has 2 aliphatic rings. The summed E-state index contributed by atoms with van der Waals surface area (Å²) >= 11 is 0. The molecule has 1 atom stereocenters. The zero-order valence-corrected chi connectivity index (χ0v) is 12.8. The lowest BCUT2D eigenvalue weighted by Gasteiger charge is -2.45. The standard InChI is InChI=1S/C12H25NO2S2/c1-11-6-4-5-9-13(16(2,3)10-11)17(14,15)12-7-8-12/h11-12H,4-10H2,1-3H3. The van der Waals surface area contributed by atoms with Crippen molar-refractivity contribution >= 4 is 20.2 Å². The van der Waals surface area contributed by atoms with E-state index < -0.39 is 20.2 Å². The average Bonchev–Trinajstić information content (AvgIpc) is 2.96. The van der Waals surface area contributed by atoms with Gasteiger partial charge in [-0.2, -0.15) is 13.9 Å². The summed E-state index contributed by atoms with van der Waals surface area (Å²) in [6.07, 6.45) is 9.57. The first-order valence-corrected chi connectivity index (χ1v) is 10.6. The summed E-state index contributed by atoms with van der Waals surface area (Å²) in [6, 6.07) is 0. The van der Waals surface area contributed by atoms with Gasteiger partial charge in [-0.05, 0) is 49.9 Å². The Hall–Kier alpha value is 0.260. The Labute approximate surface area is 107 Å². The summed E-state index contributed by atoms with van der Waals surface area (Å²) in [5.74, 6) is 1.73. The van der Waals surface area contributed by atoms with Crippen molar-refractivity contribution in [2.24, 2.45) is 5.92 Å². The van der Waals surface area contributed by atoms with E-state index in [1.165, 1.54) is 12.8 Å². The normalized spacial score (nSPS) is 33.7. The molecule has 1 saturated carbocycles. The SMILES string of the molecule is CC1CCCCN(S(=O)(=O)C2CC2)S(C)(C)C1. The highest BCUT2D eigenvalue weighted by Crippen LogP contribution is 2.52. The van der Waals surface area contributed by atoms with Crippen LogP contribution in [0.3, 0.4) is 0 Å². The molecule has 0 aromatic carbocycles. The minimum Gasteiger partial charge on any atom is -0.211 e. The molecule has 17 heavy (non-hydrogen) atoms. The van der Waals surface area contributed by atoms with E-state index >= 15 is 0 Å². The van der Waals surface area contributed by atoms with Gasteiger partial charge in [0.05, 0.1) is 5.25 Å². The molecule has 3 nitrogen and oxygen atoms in total. The number of sulfonamides is 1. The van der Waals surface area contributed by atoms with E-state index in [1.807, 2.05) is 3.71 Å². The van der Waals surface area contributed by atoms with E-state index in [0.717, 1.165) is 31.6 Å². The maximum Gasteiger partial charge on any atom is 0.224 e. The maximum atomic E-state index is 12.5. The lowest BCUT2D eigenvalue weighted by Crippen LogP contribution is -2.39. The Bertz CT molecular complexity index is 374. The zero-order chi connectivity index (χ0) is 12.7. The van der Waals surface area contributed by atoms with E-state index in [0.29, 0.717) is 5.92 Å². The van der Waals surface area contributed by atoms with Crippen LogP contribution in [-0.2, 0) is 10.0 Å². The zero-order valence-electron chi connectivity index (χ0n) is 11.2. The minimum atomic E-state index is -2.99. The Balaban J connectivity index is 2.22. The van der Waals surface area contributed by atoms with Crippen LogP contribution in [0.5, 0.6) is 0 Å². The van der Waals surface area contributed by atoms with Gasteiger partial charge in [0.1, 0.15) is 0 Å². The van der Waals surface area contributed by atoms with Crippen molar-refractivity contribution in [1.29, 1.82) is 0 Å². The van der Waals surface area contributed by atoms with E-state index in [4.69, 9.17) is 0 Å². The Morgan fingerprint density at radius 3 is 2.35 bits per heavy atom. The first-order chi connectivity index (χ1) is 7.84. The second-order valence-electron chi connectivity index (χ2n) is 6.02. The molecule has 0 aromatic heterocycles. The summed E-state index contributed by atoms with van der Waals surface area (Å²) in [4.78, 5) is 0. The van der Waals surface area contributed by atoms with Crippen LogP contribution in [0.2, 0.25) is 0 Å². The van der Waals surface area contributed by atoms with Gasteiger partial charge in [0.2, 0.25) is 10.0 Å². The van der Waals surface area contributed by atoms with Gasteiger partial charge in [-0.15, -0.1) is 0 Å². The molecule has 0 aromatic rings. The van der Waals surface area contributed by atoms with Crippen LogP contribution in [-0.4, -0.2) is 42.2 Å². The molecular formula is C12H25NO2S2. The quantitative estimate of drug-likeness (QED) is 0.779. The van der Waals surface area contributed by atoms with Gasteiger partial charge < -0.3 is 0 Å². The highest BCUT2D eigenvalue weighted by molar-refractivity contribution is 8.34. The molecule has 102 valence electrons. The van der Waals surface area contributed by atoms with Crippen LogP contribution in [0.1, 0.15) is 39.0 Å². The van der Waals surface area contributed by atoms with Crippen molar-refractivity contribution in [2.45, 2.75) is 44.3 Å².